The Bertz CT molecular complexity index is 453. The second-order valence-corrected chi connectivity index (χ2v) is 4.08. The van der Waals surface area contributed by atoms with Crippen molar-refractivity contribution in [1.82, 2.24) is 15.1 Å². The van der Waals surface area contributed by atoms with E-state index in [0.29, 0.717) is 6.54 Å². The zero-order valence-electron chi connectivity index (χ0n) is 9.87. The number of aromatic nitrogens is 2. The van der Waals surface area contributed by atoms with Crippen molar-refractivity contribution in [1.29, 1.82) is 0 Å². The normalized spacial score (nSPS) is 12.6. The van der Waals surface area contributed by atoms with Gasteiger partial charge in [0.15, 0.2) is 0 Å². The molecule has 1 aromatic carbocycles. The van der Waals surface area contributed by atoms with Crippen LogP contribution in [0.1, 0.15) is 17.2 Å². The third-order valence-electron chi connectivity index (χ3n) is 2.62. The molecule has 0 unspecified atom stereocenters. The molecule has 4 nitrogen and oxygen atoms in total. The lowest BCUT2D eigenvalue weighted by Crippen LogP contribution is -2.20. The fourth-order valence-electron chi connectivity index (χ4n) is 1.68. The SMILES string of the molecule is Cn1cc([C@@H](O)CNCc2ccccc2)cn1. The number of rotatable bonds is 5. The number of nitrogens with one attached hydrogen (secondary N) is 1. The molecule has 4 heteroatoms. The number of benzene rings is 1. The Morgan fingerprint density at radius 3 is 2.76 bits per heavy atom. The molecule has 2 rings (SSSR count). The Morgan fingerprint density at radius 1 is 1.35 bits per heavy atom. The maximum absolute atomic E-state index is 9.90. The molecule has 0 fully saturated rings. The van der Waals surface area contributed by atoms with Gasteiger partial charge in [-0.3, -0.25) is 4.68 Å². The molecule has 0 radical (unpaired) electrons. The van der Waals surface area contributed by atoms with Gasteiger partial charge in [0.1, 0.15) is 0 Å². The minimum Gasteiger partial charge on any atom is -0.387 e. The summed E-state index contributed by atoms with van der Waals surface area (Å²) < 4.78 is 1.69. The average molecular weight is 231 g/mol. The average Bonchev–Trinajstić information content (AvgIpc) is 2.77. The minimum absolute atomic E-state index is 0.507. The van der Waals surface area contributed by atoms with Crippen LogP contribution in [0.5, 0.6) is 0 Å². The molecule has 1 atom stereocenters. The number of hydrogen-bond donors (Lipinski definition) is 2. The predicted octanol–water partition coefficient (Wildman–Crippen LogP) is 1.24. The fraction of sp³-hybridized carbons (Fsp3) is 0.308. The van der Waals surface area contributed by atoms with Gasteiger partial charge in [0.05, 0.1) is 12.3 Å². The number of aliphatic hydroxyl groups is 1. The summed E-state index contributed by atoms with van der Waals surface area (Å²) in [6.45, 7) is 1.29. The highest BCUT2D eigenvalue weighted by atomic mass is 16.3. The quantitative estimate of drug-likeness (QED) is 0.814. The van der Waals surface area contributed by atoms with Gasteiger partial charge in [-0.25, -0.2) is 0 Å². The molecule has 2 N–H and O–H groups in total. The van der Waals surface area contributed by atoms with Gasteiger partial charge < -0.3 is 10.4 Å². The smallest absolute Gasteiger partial charge is 0.0944 e. The number of aliphatic hydroxyl groups excluding tert-OH is 1. The molecule has 1 aromatic heterocycles. The fourth-order valence-corrected chi connectivity index (χ4v) is 1.68. The summed E-state index contributed by atoms with van der Waals surface area (Å²) in [6.07, 6.45) is 3.01. The standard InChI is InChI=1S/C13H17N3O/c1-16-10-12(8-15-16)13(17)9-14-7-11-5-3-2-4-6-11/h2-6,8,10,13-14,17H,7,9H2,1H3/t13-/m0/s1. The molecule has 0 saturated carbocycles. The highest BCUT2D eigenvalue weighted by molar-refractivity contribution is 5.14. The van der Waals surface area contributed by atoms with Gasteiger partial charge in [0.25, 0.3) is 0 Å². The van der Waals surface area contributed by atoms with Crippen LogP contribution >= 0.6 is 0 Å². The summed E-state index contributed by atoms with van der Waals surface area (Å²) in [7, 11) is 1.84. The van der Waals surface area contributed by atoms with Gasteiger partial charge in [0, 0.05) is 31.9 Å². The Labute approximate surface area is 101 Å². The van der Waals surface area contributed by atoms with Crippen molar-refractivity contribution in [3.8, 4) is 0 Å². The molecule has 0 aliphatic carbocycles. The van der Waals surface area contributed by atoms with Crippen LogP contribution in [-0.4, -0.2) is 21.4 Å². The lowest BCUT2D eigenvalue weighted by Gasteiger charge is -2.09. The van der Waals surface area contributed by atoms with E-state index in [1.165, 1.54) is 5.56 Å². The zero-order valence-corrected chi connectivity index (χ0v) is 9.87. The van der Waals surface area contributed by atoms with Gasteiger partial charge in [-0.2, -0.15) is 5.10 Å². The molecule has 0 bridgehead atoms. The van der Waals surface area contributed by atoms with Gasteiger partial charge >= 0.3 is 0 Å². The maximum atomic E-state index is 9.90. The summed E-state index contributed by atoms with van der Waals surface area (Å²) in [4.78, 5) is 0. The first-order chi connectivity index (χ1) is 8.25. The van der Waals surface area contributed by atoms with Gasteiger partial charge in [0.2, 0.25) is 0 Å². The van der Waals surface area contributed by atoms with Crippen molar-refractivity contribution >= 4 is 0 Å². The first-order valence-corrected chi connectivity index (χ1v) is 5.67. The number of aryl methyl sites for hydroxylation is 1. The van der Waals surface area contributed by atoms with Crippen molar-refractivity contribution in [2.24, 2.45) is 7.05 Å². The van der Waals surface area contributed by atoms with Crippen LogP contribution in [0, 0.1) is 0 Å². The van der Waals surface area contributed by atoms with Gasteiger partial charge in [-0.1, -0.05) is 30.3 Å². The van der Waals surface area contributed by atoms with E-state index >= 15 is 0 Å². The van der Waals surface area contributed by atoms with Crippen LogP contribution in [0.3, 0.4) is 0 Å². The van der Waals surface area contributed by atoms with Crippen LogP contribution in [0.4, 0.5) is 0 Å². The van der Waals surface area contributed by atoms with Crippen molar-refractivity contribution in [2.75, 3.05) is 6.54 Å². The minimum atomic E-state index is -0.507. The van der Waals surface area contributed by atoms with Crippen molar-refractivity contribution < 1.29 is 5.11 Å². The molecular weight excluding hydrogens is 214 g/mol. The largest absolute Gasteiger partial charge is 0.387 e. The van der Waals surface area contributed by atoms with E-state index in [4.69, 9.17) is 0 Å². The molecule has 1 heterocycles. The monoisotopic (exact) mass is 231 g/mol. The third kappa shape index (κ3) is 3.41. The Morgan fingerprint density at radius 2 is 2.12 bits per heavy atom. The van der Waals surface area contributed by atoms with Crippen LogP contribution in [0.2, 0.25) is 0 Å². The first-order valence-electron chi connectivity index (χ1n) is 5.67. The van der Waals surface area contributed by atoms with E-state index in [1.54, 1.807) is 10.9 Å². The van der Waals surface area contributed by atoms with E-state index < -0.39 is 6.10 Å². The van der Waals surface area contributed by atoms with Gasteiger partial charge in [-0.05, 0) is 5.56 Å². The van der Waals surface area contributed by atoms with Crippen LogP contribution in [0.25, 0.3) is 0 Å². The molecule has 0 aliphatic rings. The molecule has 2 aromatic rings. The van der Waals surface area contributed by atoms with E-state index in [9.17, 15) is 5.11 Å². The Kier molecular flexibility index (Phi) is 3.90. The summed E-state index contributed by atoms with van der Waals surface area (Å²) in [6, 6.07) is 10.1. The van der Waals surface area contributed by atoms with Crippen molar-refractivity contribution in [2.45, 2.75) is 12.6 Å². The lowest BCUT2D eigenvalue weighted by molar-refractivity contribution is 0.174. The molecular formula is C13H17N3O. The summed E-state index contributed by atoms with van der Waals surface area (Å²) in [5, 5.41) is 17.2. The second kappa shape index (κ2) is 5.61. The van der Waals surface area contributed by atoms with Crippen molar-refractivity contribution in [3.63, 3.8) is 0 Å². The highest BCUT2D eigenvalue weighted by Crippen LogP contribution is 2.09. The second-order valence-electron chi connectivity index (χ2n) is 4.08. The molecule has 17 heavy (non-hydrogen) atoms. The Hall–Kier alpha value is -1.65. The molecule has 0 aliphatic heterocycles. The van der Waals surface area contributed by atoms with E-state index in [2.05, 4.69) is 22.5 Å². The van der Waals surface area contributed by atoms with E-state index in [1.807, 2.05) is 31.4 Å². The molecule has 0 saturated heterocycles. The third-order valence-corrected chi connectivity index (χ3v) is 2.62. The zero-order chi connectivity index (χ0) is 12.1. The maximum Gasteiger partial charge on any atom is 0.0944 e. The number of nitrogens with zero attached hydrogens (tertiary/aromatic N) is 2. The molecule has 90 valence electrons. The Balaban J connectivity index is 1.79. The topological polar surface area (TPSA) is 50.1 Å². The first kappa shape index (κ1) is 11.8. The lowest BCUT2D eigenvalue weighted by atomic mass is 10.2. The van der Waals surface area contributed by atoms with Crippen molar-refractivity contribution in [3.05, 3.63) is 53.9 Å². The highest BCUT2D eigenvalue weighted by Gasteiger charge is 2.08. The summed E-state index contributed by atoms with van der Waals surface area (Å²) in [5.41, 5.74) is 2.05. The van der Waals surface area contributed by atoms with Crippen LogP contribution in [0.15, 0.2) is 42.7 Å². The molecule has 0 amide bonds. The summed E-state index contributed by atoms with van der Waals surface area (Å²) in [5.74, 6) is 0. The predicted molar refractivity (Wildman–Crippen MR) is 66.3 cm³/mol. The van der Waals surface area contributed by atoms with Crippen LogP contribution in [-0.2, 0) is 13.6 Å². The number of hydrogen-bond acceptors (Lipinski definition) is 3. The van der Waals surface area contributed by atoms with E-state index in [-0.39, 0.29) is 0 Å². The summed E-state index contributed by atoms with van der Waals surface area (Å²) >= 11 is 0. The van der Waals surface area contributed by atoms with Gasteiger partial charge in [-0.15, -0.1) is 0 Å². The van der Waals surface area contributed by atoms with Crippen LogP contribution < -0.4 is 5.32 Å². The van der Waals surface area contributed by atoms with E-state index in [0.717, 1.165) is 12.1 Å². The molecule has 0 spiro atoms.